The van der Waals surface area contributed by atoms with Crippen LogP contribution in [0.3, 0.4) is 0 Å². The number of rotatable bonds is 7. The van der Waals surface area contributed by atoms with Crippen LogP contribution in [0.2, 0.25) is 0 Å². The minimum Gasteiger partial charge on any atom is -0.345 e. The number of halogens is 1. The molecular weight excluding hydrogens is 284 g/mol. The first-order valence-electron chi connectivity index (χ1n) is 7.51. The van der Waals surface area contributed by atoms with Crippen LogP contribution in [-0.4, -0.2) is 30.9 Å². The van der Waals surface area contributed by atoms with Crippen molar-refractivity contribution in [3.63, 3.8) is 0 Å². The Kier molecular flexibility index (Phi) is 8.60. The molecule has 0 aliphatic heterocycles. The average Bonchev–Trinajstić information content (AvgIpc) is 2.50. The molecule has 0 radical (unpaired) electrons. The van der Waals surface area contributed by atoms with Gasteiger partial charge in [0.1, 0.15) is 0 Å². The van der Waals surface area contributed by atoms with Crippen LogP contribution >= 0.6 is 12.4 Å². The smallest absolute Gasteiger partial charge is 0.229 e. The quantitative estimate of drug-likeness (QED) is 0.838. The van der Waals surface area contributed by atoms with Crippen LogP contribution in [0.25, 0.3) is 0 Å². The summed E-state index contributed by atoms with van der Waals surface area (Å²) in [6, 6.07) is 10.3. The van der Waals surface area contributed by atoms with E-state index in [2.05, 4.69) is 19.1 Å². The summed E-state index contributed by atoms with van der Waals surface area (Å²) in [4.78, 5) is 14.5. The first-order chi connectivity index (χ1) is 9.50. The number of likely N-dealkylation sites (N-methyl/N-ethyl adjacent to an activating group) is 1. The number of hydrogen-bond donors (Lipinski definition) is 1. The average molecular weight is 313 g/mol. The maximum Gasteiger partial charge on any atom is 0.229 e. The van der Waals surface area contributed by atoms with E-state index in [0.29, 0.717) is 12.5 Å². The second-order valence-electron chi connectivity index (χ2n) is 5.69. The van der Waals surface area contributed by atoms with Crippen molar-refractivity contribution in [1.29, 1.82) is 0 Å². The molecule has 1 aromatic carbocycles. The molecule has 0 bridgehead atoms. The number of carbonyl (C=O) groups excluding carboxylic acids is 1. The van der Waals surface area contributed by atoms with Crippen molar-refractivity contribution in [3.05, 3.63) is 35.9 Å². The molecule has 1 amide bonds. The highest BCUT2D eigenvalue weighted by atomic mass is 35.5. The summed E-state index contributed by atoms with van der Waals surface area (Å²) in [6.45, 7) is 7.39. The van der Waals surface area contributed by atoms with E-state index in [1.807, 2.05) is 44.0 Å². The van der Waals surface area contributed by atoms with Gasteiger partial charge in [0.25, 0.3) is 0 Å². The van der Waals surface area contributed by atoms with Gasteiger partial charge in [0.15, 0.2) is 0 Å². The molecule has 21 heavy (non-hydrogen) atoms. The largest absolute Gasteiger partial charge is 0.345 e. The Balaban J connectivity index is 0.00000400. The van der Waals surface area contributed by atoms with Crippen LogP contribution < -0.4 is 5.73 Å². The lowest BCUT2D eigenvalue weighted by Gasteiger charge is -2.34. The van der Waals surface area contributed by atoms with E-state index < -0.39 is 5.41 Å². The Labute approximate surface area is 135 Å². The maximum atomic E-state index is 12.7. The predicted molar refractivity (Wildman–Crippen MR) is 91.8 cm³/mol. The highest BCUT2D eigenvalue weighted by Gasteiger charge is 2.35. The molecule has 120 valence electrons. The highest BCUT2D eigenvalue weighted by molar-refractivity contribution is 5.85. The first-order valence-corrected chi connectivity index (χ1v) is 7.51. The first kappa shape index (κ1) is 19.9. The minimum absolute atomic E-state index is 0. The van der Waals surface area contributed by atoms with Gasteiger partial charge in [-0.05, 0) is 24.3 Å². The van der Waals surface area contributed by atoms with Crippen LogP contribution in [0.5, 0.6) is 0 Å². The van der Waals surface area contributed by atoms with E-state index in [1.54, 1.807) is 0 Å². The molecule has 0 heterocycles. The molecular formula is C17H29ClN2O. The Morgan fingerprint density at radius 1 is 1.24 bits per heavy atom. The second kappa shape index (κ2) is 9.06. The Morgan fingerprint density at radius 2 is 1.76 bits per heavy atom. The van der Waals surface area contributed by atoms with Gasteiger partial charge >= 0.3 is 0 Å². The van der Waals surface area contributed by atoms with Gasteiger partial charge in [0.05, 0.1) is 5.41 Å². The third-order valence-corrected chi connectivity index (χ3v) is 4.46. The fourth-order valence-electron chi connectivity index (χ4n) is 2.71. The van der Waals surface area contributed by atoms with E-state index in [1.165, 1.54) is 5.56 Å². The molecule has 1 aromatic rings. The van der Waals surface area contributed by atoms with Crippen LogP contribution in [0.1, 0.15) is 45.1 Å². The predicted octanol–water partition coefficient (Wildman–Crippen LogP) is 3.44. The summed E-state index contributed by atoms with van der Waals surface area (Å²) in [6.07, 6.45) is 1.59. The third-order valence-electron chi connectivity index (χ3n) is 4.46. The standard InChI is InChI=1S/C17H28N2O.ClH/c1-5-17(6-2,13-18)16(20)19(4)12-14(3)15-10-8-7-9-11-15;/h7-11,14H,5-6,12-13,18H2,1-4H3;1H. The Morgan fingerprint density at radius 3 is 2.19 bits per heavy atom. The number of nitrogens with zero attached hydrogens (tertiary/aromatic N) is 1. The van der Waals surface area contributed by atoms with Gasteiger partial charge in [-0.25, -0.2) is 0 Å². The summed E-state index contributed by atoms with van der Waals surface area (Å²) < 4.78 is 0. The molecule has 1 unspecified atom stereocenters. The number of hydrogen-bond acceptors (Lipinski definition) is 2. The fraction of sp³-hybridized carbons (Fsp3) is 0.588. The summed E-state index contributed by atoms with van der Waals surface area (Å²) in [7, 11) is 1.89. The van der Waals surface area contributed by atoms with Gasteiger partial charge in [-0.15, -0.1) is 12.4 Å². The minimum atomic E-state index is -0.398. The van der Waals surface area contributed by atoms with Crippen molar-refractivity contribution in [1.82, 2.24) is 4.90 Å². The third kappa shape index (κ3) is 4.72. The van der Waals surface area contributed by atoms with E-state index in [4.69, 9.17) is 5.73 Å². The van der Waals surface area contributed by atoms with E-state index >= 15 is 0 Å². The normalized spacial score (nSPS) is 12.4. The number of carbonyl (C=O) groups is 1. The summed E-state index contributed by atoms with van der Waals surface area (Å²) >= 11 is 0. The molecule has 2 N–H and O–H groups in total. The SMILES string of the molecule is CCC(CC)(CN)C(=O)N(C)CC(C)c1ccccc1.Cl. The molecule has 3 nitrogen and oxygen atoms in total. The number of benzene rings is 1. The maximum absolute atomic E-state index is 12.7. The monoisotopic (exact) mass is 312 g/mol. The zero-order valence-corrected chi connectivity index (χ0v) is 14.5. The van der Waals surface area contributed by atoms with Crippen molar-refractivity contribution >= 4 is 18.3 Å². The van der Waals surface area contributed by atoms with Crippen LogP contribution in [0, 0.1) is 5.41 Å². The summed E-state index contributed by atoms with van der Waals surface area (Å²) in [5.41, 5.74) is 6.73. The zero-order chi connectivity index (χ0) is 15.2. The molecule has 0 fully saturated rings. The molecule has 0 saturated carbocycles. The zero-order valence-electron chi connectivity index (χ0n) is 13.6. The van der Waals surface area contributed by atoms with Crippen molar-refractivity contribution in [2.24, 2.45) is 11.1 Å². The summed E-state index contributed by atoms with van der Waals surface area (Å²) in [5.74, 6) is 0.502. The molecule has 0 aromatic heterocycles. The van der Waals surface area contributed by atoms with Gasteiger partial charge < -0.3 is 10.6 Å². The molecule has 0 spiro atoms. The lowest BCUT2D eigenvalue weighted by molar-refractivity contribution is -0.141. The van der Waals surface area contributed by atoms with E-state index in [0.717, 1.165) is 19.4 Å². The number of nitrogens with two attached hydrogens (primary N) is 1. The number of amides is 1. The van der Waals surface area contributed by atoms with Gasteiger partial charge in [0.2, 0.25) is 5.91 Å². The Hall–Kier alpha value is -1.06. The van der Waals surface area contributed by atoms with Crippen LogP contribution in [0.15, 0.2) is 30.3 Å². The topological polar surface area (TPSA) is 46.3 Å². The molecule has 0 saturated heterocycles. The van der Waals surface area contributed by atoms with Gasteiger partial charge in [-0.2, -0.15) is 0 Å². The van der Waals surface area contributed by atoms with Crippen LogP contribution in [-0.2, 0) is 4.79 Å². The molecule has 1 rings (SSSR count). The molecule has 1 atom stereocenters. The van der Waals surface area contributed by atoms with Crippen molar-refractivity contribution in [2.75, 3.05) is 20.1 Å². The van der Waals surface area contributed by atoms with E-state index in [9.17, 15) is 4.79 Å². The van der Waals surface area contributed by atoms with Gasteiger partial charge in [-0.1, -0.05) is 51.1 Å². The second-order valence-corrected chi connectivity index (χ2v) is 5.69. The lowest BCUT2D eigenvalue weighted by Crippen LogP contribution is -2.47. The molecule has 4 heteroatoms. The van der Waals surface area contributed by atoms with Gasteiger partial charge in [-0.3, -0.25) is 4.79 Å². The highest BCUT2D eigenvalue weighted by Crippen LogP contribution is 2.28. The van der Waals surface area contributed by atoms with Crippen LogP contribution in [0.4, 0.5) is 0 Å². The van der Waals surface area contributed by atoms with Gasteiger partial charge in [0, 0.05) is 20.1 Å². The molecule has 0 aliphatic carbocycles. The molecule has 0 aliphatic rings. The van der Waals surface area contributed by atoms with Crippen molar-refractivity contribution < 1.29 is 4.79 Å². The van der Waals surface area contributed by atoms with E-state index in [-0.39, 0.29) is 18.3 Å². The van der Waals surface area contributed by atoms with Crippen molar-refractivity contribution in [3.8, 4) is 0 Å². The Bertz CT molecular complexity index is 410. The lowest BCUT2D eigenvalue weighted by atomic mass is 9.81. The summed E-state index contributed by atoms with van der Waals surface area (Å²) in [5, 5.41) is 0. The fourth-order valence-corrected chi connectivity index (χ4v) is 2.71. The van der Waals surface area contributed by atoms with Crippen molar-refractivity contribution in [2.45, 2.75) is 39.5 Å².